The van der Waals surface area contributed by atoms with Crippen molar-refractivity contribution in [2.24, 2.45) is 7.05 Å². The molecular formula is C14H14ClFN2O. The van der Waals surface area contributed by atoms with Crippen LogP contribution in [0, 0.1) is 5.82 Å². The van der Waals surface area contributed by atoms with Gasteiger partial charge in [-0.2, -0.15) is 5.10 Å². The van der Waals surface area contributed by atoms with E-state index >= 15 is 0 Å². The lowest BCUT2D eigenvalue weighted by Crippen LogP contribution is -2.10. The van der Waals surface area contributed by atoms with Gasteiger partial charge in [0.15, 0.2) is 5.78 Å². The fraction of sp³-hybridized carbons (Fsp3) is 0.286. The van der Waals surface area contributed by atoms with Gasteiger partial charge in [0.25, 0.3) is 0 Å². The summed E-state index contributed by atoms with van der Waals surface area (Å²) in [6, 6.07) is 6.07. The average molecular weight is 281 g/mol. The molecule has 0 radical (unpaired) electrons. The second-order valence-electron chi connectivity index (χ2n) is 4.33. The highest BCUT2D eigenvalue weighted by molar-refractivity contribution is 6.30. The predicted octanol–water partition coefficient (Wildman–Crippen LogP) is 3.20. The van der Waals surface area contributed by atoms with Gasteiger partial charge in [0, 0.05) is 18.5 Å². The van der Waals surface area contributed by atoms with Gasteiger partial charge in [0.05, 0.1) is 5.69 Å². The second kappa shape index (κ2) is 5.53. The molecule has 0 bridgehead atoms. The summed E-state index contributed by atoms with van der Waals surface area (Å²) < 4.78 is 15.2. The molecule has 0 aliphatic heterocycles. The van der Waals surface area contributed by atoms with Crippen molar-refractivity contribution in [3.05, 3.63) is 52.1 Å². The smallest absolute Gasteiger partial charge is 0.185 e. The number of halogens is 2. The quantitative estimate of drug-likeness (QED) is 0.806. The van der Waals surface area contributed by atoms with Crippen LogP contribution in [0.3, 0.4) is 0 Å². The summed E-state index contributed by atoms with van der Waals surface area (Å²) in [6.45, 7) is 1.97. The van der Waals surface area contributed by atoms with Crippen LogP contribution in [0.25, 0.3) is 0 Å². The standard InChI is InChI=1S/C14H14ClFN2O/c1-3-11-8-13(18(2)17-11)14(19)6-9-4-5-10(15)7-12(9)16/h4-5,7-8H,3,6H2,1-2H3. The maximum Gasteiger partial charge on any atom is 0.185 e. The molecule has 1 aromatic heterocycles. The van der Waals surface area contributed by atoms with E-state index in [0.29, 0.717) is 16.3 Å². The average Bonchev–Trinajstić information content (AvgIpc) is 2.74. The Hall–Kier alpha value is -1.68. The number of hydrogen-bond donors (Lipinski definition) is 0. The van der Waals surface area contributed by atoms with E-state index in [4.69, 9.17) is 11.6 Å². The highest BCUT2D eigenvalue weighted by atomic mass is 35.5. The lowest BCUT2D eigenvalue weighted by atomic mass is 10.1. The summed E-state index contributed by atoms with van der Waals surface area (Å²) in [7, 11) is 1.71. The van der Waals surface area contributed by atoms with Crippen molar-refractivity contribution in [2.45, 2.75) is 19.8 Å². The fourth-order valence-electron chi connectivity index (χ4n) is 1.89. The third-order valence-corrected chi connectivity index (χ3v) is 3.18. The predicted molar refractivity (Wildman–Crippen MR) is 72.0 cm³/mol. The maximum atomic E-state index is 13.6. The van der Waals surface area contributed by atoms with Crippen LogP contribution in [-0.4, -0.2) is 15.6 Å². The van der Waals surface area contributed by atoms with Gasteiger partial charge >= 0.3 is 0 Å². The molecule has 0 aliphatic carbocycles. The lowest BCUT2D eigenvalue weighted by Gasteiger charge is -2.03. The molecule has 1 heterocycles. The Labute approximate surface area is 116 Å². The molecular weight excluding hydrogens is 267 g/mol. The van der Waals surface area contributed by atoms with Gasteiger partial charge in [-0.1, -0.05) is 24.6 Å². The Morgan fingerprint density at radius 2 is 2.16 bits per heavy atom. The molecule has 0 saturated carbocycles. The number of aryl methyl sites for hydroxylation is 2. The summed E-state index contributed by atoms with van der Waals surface area (Å²) >= 11 is 5.68. The largest absolute Gasteiger partial charge is 0.292 e. The van der Waals surface area contributed by atoms with E-state index < -0.39 is 5.82 Å². The molecule has 0 aliphatic rings. The molecule has 0 spiro atoms. The Balaban J connectivity index is 2.23. The van der Waals surface area contributed by atoms with Crippen molar-refractivity contribution in [3.63, 3.8) is 0 Å². The van der Waals surface area contributed by atoms with Crippen molar-refractivity contribution in [3.8, 4) is 0 Å². The van der Waals surface area contributed by atoms with Crippen molar-refractivity contribution >= 4 is 17.4 Å². The van der Waals surface area contributed by atoms with Crippen molar-refractivity contribution in [1.29, 1.82) is 0 Å². The van der Waals surface area contributed by atoms with Crippen LogP contribution >= 0.6 is 11.6 Å². The summed E-state index contributed by atoms with van der Waals surface area (Å²) in [4.78, 5) is 12.1. The second-order valence-corrected chi connectivity index (χ2v) is 4.77. The van der Waals surface area contributed by atoms with Gasteiger partial charge in [0.1, 0.15) is 11.5 Å². The number of benzene rings is 1. The van der Waals surface area contributed by atoms with Crippen molar-refractivity contribution < 1.29 is 9.18 Å². The van der Waals surface area contributed by atoms with Crippen LogP contribution in [0.1, 0.15) is 28.7 Å². The van der Waals surface area contributed by atoms with Crippen LogP contribution in [0.15, 0.2) is 24.3 Å². The first kappa shape index (κ1) is 13.7. The first-order valence-electron chi connectivity index (χ1n) is 6.01. The van der Waals surface area contributed by atoms with E-state index in [1.165, 1.54) is 16.8 Å². The zero-order chi connectivity index (χ0) is 14.0. The molecule has 0 atom stereocenters. The molecule has 0 N–H and O–H groups in total. The Morgan fingerprint density at radius 1 is 1.42 bits per heavy atom. The van der Waals surface area contributed by atoms with Crippen LogP contribution in [-0.2, 0) is 19.9 Å². The van der Waals surface area contributed by atoms with E-state index in [-0.39, 0.29) is 12.2 Å². The zero-order valence-corrected chi connectivity index (χ0v) is 11.5. The first-order chi connectivity index (χ1) is 9.01. The molecule has 1 aromatic carbocycles. The molecule has 0 saturated heterocycles. The highest BCUT2D eigenvalue weighted by Gasteiger charge is 2.15. The van der Waals surface area contributed by atoms with Gasteiger partial charge in [0.2, 0.25) is 0 Å². The number of nitrogens with zero attached hydrogens (tertiary/aromatic N) is 2. The van der Waals surface area contributed by atoms with E-state index in [0.717, 1.165) is 12.1 Å². The van der Waals surface area contributed by atoms with Gasteiger partial charge in [-0.3, -0.25) is 9.48 Å². The summed E-state index contributed by atoms with van der Waals surface area (Å²) in [5.74, 6) is -0.616. The van der Waals surface area contributed by atoms with Crippen molar-refractivity contribution in [1.82, 2.24) is 9.78 Å². The van der Waals surface area contributed by atoms with E-state index in [1.54, 1.807) is 19.2 Å². The molecule has 2 rings (SSSR count). The normalized spacial score (nSPS) is 10.7. The minimum atomic E-state index is -0.460. The fourth-order valence-corrected chi connectivity index (χ4v) is 2.05. The minimum absolute atomic E-state index is 0.00564. The molecule has 100 valence electrons. The van der Waals surface area contributed by atoms with Gasteiger partial charge in [-0.05, 0) is 30.2 Å². The number of hydrogen-bond acceptors (Lipinski definition) is 2. The third kappa shape index (κ3) is 3.01. The topological polar surface area (TPSA) is 34.9 Å². The van der Waals surface area contributed by atoms with E-state index in [2.05, 4.69) is 5.10 Å². The van der Waals surface area contributed by atoms with Crippen LogP contribution < -0.4 is 0 Å². The molecule has 19 heavy (non-hydrogen) atoms. The molecule has 3 nitrogen and oxygen atoms in total. The molecule has 2 aromatic rings. The third-order valence-electron chi connectivity index (χ3n) is 2.94. The number of rotatable bonds is 4. The number of carbonyl (C=O) groups is 1. The van der Waals surface area contributed by atoms with Crippen LogP contribution in [0.4, 0.5) is 4.39 Å². The summed E-state index contributed by atoms with van der Waals surface area (Å²) in [6.07, 6.45) is 0.766. The molecule has 0 amide bonds. The monoisotopic (exact) mass is 280 g/mol. The summed E-state index contributed by atoms with van der Waals surface area (Å²) in [5, 5.41) is 4.53. The summed E-state index contributed by atoms with van der Waals surface area (Å²) in [5.41, 5.74) is 1.68. The van der Waals surface area contributed by atoms with Gasteiger partial charge < -0.3 is 0 Å². The molecule has 0 fully saturated rings. The van der Waals surface area contributed by atoms with Crippen LogP contribution in [0.5, 0.6) is 0 Å². The van der Waals surface area contributed by atoms with Gasteiger partial charge in [-0.15, -0.1) is 0 Å². The molecule has 5 heteroatoms. The lowest BCUT2D eigenvalue weighted by molar-refractivity contribution is 0.0983. The Morgan fingerprint density at radius 3 is 2.74 bits per heavy atom. The Kier molecular flexibility index (Phi) is 4.00. The highest BCUT2D eigenvalue weighted by Crippen LogP contribution is 2.17. The number of carbonyl (C=O) groups excluding carboxylic acids is 1. The SMILES string of the molecule is CCc1cc(C(=O)Cc2ccc(Cl)cc2F)n(C)n1. The van der Waals surface area contributed by atoms with Crippen molar-refractivity contribution in [2.75, 3.05) is 0 Å². The first-order valence-corrected chi connectivity index (χ1v) is 6.39. The van der Waals surface area contributed by atoms with Gasteiger partial charge in [-0.25, -0.2) is 4.39 Å². The van der Waals surface area contributed by atoms with E-state index in [9.17, 15) is 9.18 Å². The van der Waals surface area contributed by atoms with Crippen LogP contribution in [0.2, 0.25) is 5.02 Å². The number of ketones is 1. The zero-order valence-electron chi connectivity index (χ0n) is 10.8. The number of Topliss-reactive ketones (excluding diaryl/α,β-unsaturated/α-hetero) is 1. The minimum Gasteiger partial charge on any atom is -0.292 e. The number of aromatic nitrogens is 2. The Bertz CT molecular complexity index is 622. The molecule has 0 unspecified atom stereocenters. The van der Waals surface area contributed by atoms with E-state index in [1.807, 2.05) is 6.92 Å². The maximum absolute atomic E-state index is 13.6.